The summed E-state index contributed by atoms with van der Waals surface area (Å²) in [6.07, 6.45) is -30.3. The third-order valence-electron chi connectivity index (χ3n) is 20.9. The van der Waals surface area contributed by atoms with E-state index >= 15 is 0 Å². The molecule has 9 aliphatic rings. The number of carbonyl (C=O) groups excluding carboxylic acids is 2. The lowest BCUT2D eigenvalue weighted by Crippen LogP contribution is -2.67. The number of cyclic esters (lactones) is 1. The number of methoxy groups -OCH3 is 1. The molecular weight excluding hydrogens is 1220 g/mol. The molecule has 32 heteroatoms. The van der Waals surface area contributed by atoms with Gasteiger partial charge in [-0.25, -0.2) is 8.37 Å². The SMILES string of the molecule is C=C(C)CCC[C@]1(C)OC(=O)[C@]23CC[C@H]4C(=CC[C@H]5C(C)(C)[C@@H](O[C@@H]6OC[C@@H](OS(=O)(=O)O)[C@H](O)[C@H]6O[C@@H]6O[C@H](CO)[C@@H](O[C@@H]7O[C@H](COS(=O)(=O)O)[C@@H](O)[C@H](O[C@@H]8O[C@H](CO)[C@@H](O)[C@H](OC)[C@H]8O)[C@H]7O)[C@H](O)[C@H]6O)CC[C@]45C)[C@]2(C)C[C@H](OC(C)=O)[C@@H]31. The number of allylic oxidation sites excluding steroid dienone is 3. The average molecular weight is 1310 g/mol. The molecule has 0 unspecified atom stereocenters. The van der Waals surface area contributed by atoms with Crippen LogP contribution < -0.4 is 0 Å². The van der Waals surface area contributed by atoms with Crippen LogP contribution in [0, 0.1) is 39.4 Å². The first kappa shape index (κ1) is 69.8. The summed E-state index contributed by atoms with van der Waals surface area (Å²) in [5.41, 5.74) is -1.53. The van der Waals surface area contributed by atoms with Gasteiger partial charge in [0.25, 0.3) is 0 Å². The number of aliphatic hydroxyl groups is 9. The van der Waals surface area contributed by atoms with Crippen molar-refractivity contribution in [1.29, 1.82) is 0 Å². The van der Waals surface area contributed by atoms with Gasteiger partial charge in [-0.05, 0) is 94.3 Å². The lowest BCUT2D eigenvalue weighted by atomic mass is 9.41. The fourth-order valence-corrected chi connectivity index (χ4v) is 17.6. The van der Waals surface area contributed by atoms with E-state index in [-0.39, 0.29) is 23.2 Å². The summed E-state index contributed by atoms with van der Waals surface area (Å²) < 4.78 is 141. The molecule has 9 rings (SSSR count). The summed E-state index contributed by atoms with van der Waals surface area (Å²) >= 11 is 0. The summed E-state index contributed by atoms with van der Waals surface area (Å²) in [7, 11) is -9.37. The van der Waals surface area contributed by atoms with Gasteiger partial charge in [-0.15, -0.1) is 6.58 Å². The van der Waals surface area contributed by atoms with Gasteiger partial charge in [0.15, 0.2) is 25.2 Å². The largest absolute Gasteiger partial charge is 0.462 e. The molecule has 1 spiro atoms. The van der Waals surface area contributed by atoms with Crippen molar-refractivity contribution >= 4 is 32.7 Å². The number of hydrogen-bond donors (Lipinski definition) is 11. The Bertz CT molecular complexity index is 2790. The van der Waals surface area contributed by atoms with Crippen molar-refractivity contribution in [1.82, 2.24) is 0 Å². The highest BCUT2D eigenvalue weighted by Gasteiger charge is 2.79. The maximum absolute atomic E-state index is 14.7. The van der Waals surface area contributed by atoms with Crippen LogP contribution in [-0.2, 0) is 90.9 Å². The monoisotopic (exact) mass is 1300 g/mol. The average Bonchev–Trinajstić information content (AvgIpc) is 1.46. The minimum Gasteiger partial charge on any atom is -0.462 e. The van der Waals surface area contributed by atoms with Gasteiger partial charge in [-0.1, -0.05) is 44.9 Å². The Labute approximate surface area is 510 Å². The second-order valence-corrected chi connectivity index (χ2v) is 28.7. The predicted molar refractivity (Wildman–Crippen MR) is 294 cm³/mol. The highest BCUT2D eigenvalue weighted by molar-refractivity contribution is 7.81. The van der Waals surface area contributed by atoms with Gasteiger partial charge in [0.2, 0.25) is 0 Å². The molecule has 88 heavy (non-hydrogen) atoms. The van der Waals surface area contributed by atoms with Crippen LogP contribution >= 0.6 is 0 Å². The smallest absolute Gasteiger partial charge is 0.397 e. The molecule has 4 aliphatic carbocycles. The molecule has 504 valence electrons. The van der Waals surface area contributed by atoms with Crippen LogP contribution in [0.5, 0.6) is 0 Å². The van der Waals surface area contributed by atoms with Crippen LogP contribution in [0.15, 0.2) is 23.8 Å². The lowest BCUT2D eigenvalue weighted by molar-refractivity contribution is -0.391. The summed E-state index contributed by atoms with van der Waals surface area (Å²) in [6, 6.07) is 0. The Morgan fingerprint density at radius 1 is 0.705 bits per heavy atom. The van der Waals surface area contributed by atoms with Gasteiger partial charge in [-0.3, -0.25) is 18.7 Å². The summed E-state index contributed by atoms with van der Waals surface area (Å²) in [5.74, 6) is -1.22. The number of fused-ring (bicyclic) bond motifs is 4. The number of ether oxygens (including phenoxy) is 11. The fraction of sp³-hybridized carbons (Fsp3) is 0.893. The van der Waals surface area contributed by atoms with Crippen molar-refractivity contribution in [3.63, 3.8) is 0 Å². The molecule has 0 aromatic rings. The number of hydrogen-bond acceptors (Lipinski definition) is 28. The van der Waals surface area contributed by atoms with Crippen LogP contribution in [0.1, 0.15) is 106 Å². The predicted octanol–water partition coefficient (Wildman–Crippen LogP) is -1.22. The molecule has 0 radical (unpaired) electrons. The van der Waals surface area contributed by atoms with Crippen molar-refractivity contribution in [2.75, 3.05) is 33.5 Å². The van der Waals surface area contributed by atoms with Crippen LogP contribution in [0.2, 0.25) is 0 Å². The second-order valence-electron chi connectivity index (χ2n) is 26.6. The topological polar surface area (TPSA) is 445 Å². The third-order valence-corrected chi connectivity index (χ3v) is 21.8. The van der Waals surface area contributed by atoms with E-state index in [0.717, 1.165) is 31.1 Å². The molecule has 8 fully saturated rings. The van der Waals surface area contributed by atoms with E-state index < -0.39 is 210 Å². The molecule has 28 atom stereocenters. The quantitative estimate of drug-likeness (QED) is 0.0364. The third kappa shape index (κ3) is 12.8. The van der Waals surface area contributed by atoms with Crippen LogP contribution in [-0.4, -0.2) is 252 Å². The van der Waals surface area contributed by atoms with Crippen LogP contribution in [0.25, 0.3) is 0 Å². The van der Waals surface area contributed by atoms with E-state index in [9.17, 15) is 81.5 Å². The molecule has 5 saturated heterocycles. The Hall–Kier alpha value is -2.56. The first-order valence-electron chi connectivity index (χ1n) is 29.7. The molecule has 5 heterocycles. The first-order chi connectivity index (χ1) is 41.0. The molecule has 0 aromatic heterocycles. The summed E-state index contributed by atoms with van der Waals surface area (Å²) in [4.78, 5) is 27.5. The van der Waals surface area contributed by atoms with E-state index in [1.54, 1.807) is 0 Å². The molecule has 5 aliphatic heterocycles. The molecule has 0 bridgehead atoms. The zero-order valence-corrected chi connectivity index (χ0v) is 52.0. The standard InChI is InChI=1S/C56H88O30S2/c1-24(2)11-10-16-55(8)46-28(77-25(3)59)19-54(7)27-12-13-33-52(4,5)34(15-17-53(33,6)26(27)14-18-56(46,54)51(67)85-55)81-50-45(37(62)32(22-75-50)86-88(71,72)73)84-47-39(64)38(63)42(30(21-58)79-47)82-49-41(66)44(36(61)31(80-49)23-76-87(68,69)70)83-48-40(65)43(74-9)35(60)29(20-57)78-48/h12,26,28-50,57-58,60-66H,1,10-11,13-23H2,2-9H3,(H,68,69,70)(H,71,72,73)/t26-,28-,29+,30+,31+,32+,33-,34-,35+,36+,37-,38+,39+,40+,41+,42+,43-,44-,45+,46+,47-,48-,49-,50-,53+,54-,55-,56+/m0/s1. The molecule has 30 nitrogen and oxygen atoms in total. The Morgan fingerprint density at radius 2 is 1.31 bits per heavy atom. The highest BCUT2D eigenvalue weighted by Crippen LogP contribution is 2.77. The fourth-order valence-electron chi connectivity index (χ4n) is 16.8. The van der Waals surface area contributed by atoms with Gasteiger partial charge < -0.3 is 98.1 Å². The number of esters is 2. The maximum Gasteiger partial charge on any atom is 0.397 e. The Balaban J connectivity index is 0.938. The number of aliphatic hydroxyl groups excluding tert-OH is 9. The van der Waals surface area contributed by atoms with Gasteiger partial charge in [0, 0.05) is 19.4 Å². The van der Waals surface area contributed by atoms with E-state index in [1.807, 2.05) is 27.7 Å². The molecule has 3 saturated carbocycles. The van der Waals surface area contributed by atoms with Gasteiger partial charge >= 0.3 is 32.7 Å². The minimum absolute atomic E-state index is 0.0201. The van der Waals surface area contributed by atoms with E-state index in [2.05, 4.69) is 30.7 Å². The van der Waals surface area contributed by atoms with Crippen LogP contribution in [0.3, 0.4) is 0 Å². The van der Waals surface area contributed by atoms with E-state index in [4.69, 9.17) is 56.3 Å². The number of rotatable bonds is 21. The van der Waals surface area contributed by atoms with Gasteiger partial charge in [-0.2, -0.15) is 16.8 Å². The van der Waals surface area contributed by atoms with Crippen molar-refractivity contribution in [3.05, 3.63) is 23.8 Å². The molecule has 0 amide bonds. The van der Waals surface area contributed by atoms with Crippen molar-refractivity contribution in [2.45, 2.75) is 241 Å². The molecular formula is C56H88O30S2. The van der Waals surface area contributed by atoms with Gasteiger partial charge in [0.05, 0.1) is 43.9 Å². The highest BCUT2D eigenvalue weighted by atomic mass is 32.3. The molecule has 0 aromatic carbocycles. The Kier molecular flexibility index (Phi) is 20.6. The second kappa shape index (κ2) is 26.0. The zero-order valence-electron chi connectivity index (χ0n) is 50.3. The van der Waals surface area contributed by atoms with Crippen molar-refractivity contribution in [3.8, 4) is 0 Å². The lowest BCUT2D eigenvalue weighted by Gasteiger charge is -2.64. The first-order valence-corrected chi connectivity index (χ1v) is 32.5. The summed E-state index contributed by atoms with van der Waals surface area (Å²) in [5, 5.41) is 101. The maximum atomic E-state index is 14.7. The van der Waals surface area contributed by atoms with E-state index in [0.29, 0.717) is 44.9 Å². The number of carbonyl (C=O) groups is 2. The summed E-state index contributed by atoms with van der Waals surface area (Å²) in [6.45, 7) is 14.0. The Morgan fingerprint density at radius 3 is 1.92 bits per heavy atom. The minimum atomic E-state index is -5.26. The zero-order chi connectivity index (χ0) is 64.8. The van der Waals surface area contributed by atoms with Crippen molar-refractivity contribution in [2.24, 2.45) is 39.4 Å². The van der Waals surface area contributed by atoms with Crippen molar-refractivity contribution < 1.29 is 142 Å². The normalized spacial score (nSPS) is 47.6. The van der Waals surface area contributed by atoms with E-state index in [1.165, 1.54) is 6.92 Å². The van der Waals surface area contributed by atoms with Crippen LogP contribution in [0.4, 0.5) is 0 Å². The van der Waals surface area contributed by atoms with Gasteiger partial charge in [0.1, 0.15) is 103 Å². The molecule has 11 N–H and O–H groups in total.